The SMILES string of the molecule is CNc1cnccc1C(=O)N(C)C1CCOCC1. The molecule has 1 aromatic heterocycles. The van der Waals surface area contributed by atoms with Crippen molar-refractivity contribution in [3.8, 4) is 0 Å². The van der Waals surface area contributed by atoms with Gasteiger partial charge in [-0.3, -0.25) is 9.78 Å². The van der Waals surface area contributed by atoms with Crippen molar-refractivity contribution in [3.63, 3.8) is 0 Å². The van der Waals surface area contributed by atoms with E-state index in [1.807, 2.05) is 11.9 Å². The maximum absolute atomic E-state index is 12.4. The van der Waals surface area contributed by atoms with Gasteiger partial charge in [-0.25, -0.2) is 0 Å². The van der Waals surface area contributed by atoms with Crippen molar-refractivity contribution in [1.82, 2.24) is 9.88 Å². The average molecular weight is 249 g/mol. The summed E-state index contributed by atoms with van der Waals surface area (Å²) < 4.78 is 5.32. The summed E-state index contributed by atoms with van der Waals surface area (Å²) in [6.45, 7) is 1.47. The Kier molecular flexibility index (Phi) is 4.15. The van der Waals surface area contributed by atoms with E-state index in [0.29, 0.717) is 5.56 Å². The van der Waals surface area contributed by atoms with Crippen molar-refractivity contribution in [2.24, 2.45) is 0 Å². The number of anilines is 1. The van der Waals surface area contributed by atoms with E-state index in [9.17, 15) is 4.79 Å². The van der Waals surface area contributed by atoms with Gasteiger partial charge in [-0.15, -0.1) is 0 Å². The summed E-state index contributed by atoms with van der Waals surface area (Å²) in [5.41, 5.74) is 1.43. The molecule has 0 aliphatic carbocycles. The van der Waals surface area contributed by atoms with Crippen molar-refractivity contribution in [2.45, 2.75) is 18.9 Å². The molecule has 1 aliphatic rings. The number of hydrogen-bond donors (Lipinski definition) is 1. The number of aromatic nitrogens is 1. The second kappa shape index (κ2) is 5.82. The molecule has 1 aliphatic heterocycles. The first-order chi connectivity index (χ1) is 8.74. The van der Waals surface area contributed by atoms with Gasteiger partial charge in [0.05, 0.1) is 17.4 Å². The number of amides is 1. The lowest BCUT2D eigenvalue weighted by Gasteiger charge is -2.31. The van der Waals surface area contributed by atoms with Gasteiger partial charge in [0.1, 0.15) is 0 Å². The summed E-state index contributed by atoms with van der Waals surface area (Å²) in [7, 11) is 3.65. The molecule has 0 unspecified atom stereocenters. The maximum Gasteiger partial charge on any atom is 0.256 e. The molecule has 0 aromatic carbocycles. The summed E-state index contributed by atoms with van der Waals surface area (Å²) in [5.74, 6) is 0.0358. The van der Waals surface area contributed by atoms with E-state index in [4.69, 9.17) is 4.74 Å². The van der Waals surface area contributed by atoms with Gasteiger partial charge in [-0.2, -0.15) is 0 Å². The molecule has 1 aromatic rings. The molecule has 1 fully saturated rings. The predicted octanol–water partition coefficient (Wildman–Crippen LogP) is 1.37. The second-order valence-electron chi connectivity index (χ2n) is 4.43. The van der Waals surface area contributed by atoms with Crippen LogP contribution in [0.2, 0.25) is 0 Å². The number of carbonyl (C=O) groups is 1. The zero-order valence-corrected chi connectivity index (χ0v) is 10.8. The molecule has 1 N–H and O–H groups in total. The van der Waals surface area contributed by atoms with Gasteiger partial charge in [0.15, 0.2) is 0 Å². The topological polar surface area (TPSA) is 54.5 Å². The van der Waals surface area contributed by atoms with E-state index < -0.39 is 0 Å². The van der Waals surface area contributed by atoms with Crippen LogP contribution in [0.15, 0.2) is 18.5 Å². The number of hydrogen-bond acceptors (Lipinski definition) is 4. The quantitative estimate of drug-likeness (QED) is 0.879. The third-order valence-corrected chi connectivity index (χ3v) is 3.38. The van der Waals surface area contributed by atoms with E-state index in [-0.39, 0.29) is 11.9 Å². The first-order valence-electron chi connectivity index (χ1n) is 6.20. The molecule has 18 heavy (non-hydrogen) atoms. The first kappa shape index (κ1) is 12.8. The molecule has 1 saturated heterocycles. The fourth-order valence-electron chi connectivity index (χ4n) is 2.21. The van der Waals surface area contributed by atoms with Gasteiger partial charge in [-0.1, -0.05) is 0 Å². The Morgan fingerprint density at radius 2 is 2.22 bits per heavy atom. The highest BCUT2D eigenvalue weighted by Crippen LogP contribution is 2.19. The molecular weight excluding hydrogens is 230 g/mol. The summed E-state index contributed by atoms with van der Waals surface area (Å²) in [6, 6.07) is 2.02. The van der Waals surface area contributed by atoms with Crippen LogP contribution in [0, 0.1) is 0 Å². The van der Waals surface area contributed by atoms with Crippen LogP contribution in [0.3, 0.4) is 0 Å². The Bertz CT molecular complexity index is 416. The molecule has 2 rings (SSSR count). The van der Waals surface area contributed by atoms with E-state index in [1.165, 1.54) is 0 Å². The minimum absolute atomic E-state index is 0.0358. The van der Waals surface area contributed by atoms with E-state index in [2.05, 4.69) is 10.3 Å². The summed E-state index contributed by atoms with van der Waals surface area (Å²) in [6.07, 6.45) is 5.13. The van der Waals surface area contributed by atoms with Gasteiger partial charge < -0.3 is 15.0 Å². The lowest BCUT2D eigenvalue weighted by Crippen LogP contribution is -2.40. The van der Waals surface area contributed by atoms with E-state index in [1.54, 1.807) is 25.5 Å². The molecule has 0 saturated carbocycles. The average Bonchev–Trinajstić information content (AvgIpc) is 2.46. The van der Waals surface area contributed by atoms with Crippen molar-refractivity contribution >= 4 is 11.6 Å². The highest BCUT2D eigenvalue weighted by atomic mass is 16.5. The van der Waals surface area contributed by atoms with Gasteiger partial charge in [0, 0.05) is 39.5 Å². The largest absolute Gasteiger partial charge is 0.386 e. The third kappa shape index (κ3) is 2.61. The van der Waals surface area contributed by atoms with Gasteiger partial charge in [0.25, 0.3) is 5.91 Å². The third-order valence-electron chi connectivity index (χ3n) is 3.38. The number of carbonyl (C=O) groups excluding carboxylic acids is 1. The Morgan fingerprint density at radius 1 is 1.50 bits per heavy atom. The number of nitrogens with zero attached hydrogens (tertiary/aromatic N) is 2. The number of nitrogens with one attached hydrogen (secondary N) is 1. The standard InChI is InChI=1S/C13H19N3O2/c1-14-12-9-15-6-3-11(12)13(17)16(2)10-4-7-18-8-5-10/h3,6,9-10,14H,4-5,7-8H2,1-2H3. The van der Waals surface area contributed by atoms with Crippen LogP contribution in [0.4, 0.5) is 5.69 Å². The Morgan fingerprint density at radius 3 is 2.89 bits per heavy atom. The van der Waals surface area contributed by atoms with Crippen LogP contribution in [-0.2, 0) is 4.74 Å². The monoisotopic (exact) mass is 249 g/mol. The van der Waals surface area contributed by atoms with Crippen LogP contribution < -0.4 is 5.32 Å². The molecule has 5 nitrogen and oxygen atoms in total. The fraction of sp³-hybridized carbons (Fsp3) is 0.538. The Labute approximate surface area is 107 Å². The molecule has 0 atom stereocenters. The highest BCUT2D eigenvalue weighted by molar-refractivity contribution is 5.99. The molecular formula is C13H19N3O2. The number of pyridine rings is 1. The molecule has 2 heterocycles. The van der Waals surface area contributed by atoms with Crippen molar-refractivity contribution < 1.29 is 9.53 Å². The lowest BCUT2D eigenvalue weighted by atomic mass is 10.1. The van der Waals surface area contributed by atoms with Crippen LogP contribution in [-0.4, -0.2) is 49.1 Å². The smallest absolute Gasteiger partial charge is 0.256 e. The molecule has 0 spiro atoms. The Balaban J connectivity index is 2.14. The zero-order chi connectivity index (χ0) is 13.0. The van der Waals surface area contributed by atoms with Crippen LogP contribution in [0.1, 0.15) is 23.2 Å². The van der Waals surface area contributed by atoms with Gasteiger partial charge in [0.2, 0.25) is 0 Å². The van der Waals surface area contributed by atoms with Gasteiger partial charge in [-0.05, 0) is 18.9 Å². The van der Waals surface area contributed by atoms with Crippen molar-refractivity contribution in [3.05, 3.63) is 24.0 Å². The van der Waals surface area contributed by atoms with Crippen molar-refractivity contribution in [1.29, 1.82) is 0 Å². The maximum atomic E-state index is 12.4. The summed E-state index contributed by atoms with van der Waals surface area (Å²) in [4.78, 5) is 18.3. The fourth-order valence-corrected chi connectivity index (χ4v) is 2.21. The molecule has 98 valence electrons. The number of rotatable bonds is 3. The van der Waals surface area contributed by atoms with Crippen LogP contribution >= 0.6 is 0 Å². The van der Waals surface area contributed by atoms with Crippen molar-refractivity contribution in [2.75, 3.05) is 32.6 Å². The van der Waals surface area contributed by atoms with Gasteiger partial charge >= 0.3 is 0 Å². The minimum atomic E-state index is 0.0358. The minimum Gasteiger partial charge on any atom is -0.386 e. The molecule has 5 heteroatoms. The summed E-state index contributed by atoms with van der Waals surface area (Å²) in [5, 5.41) is 3.00. The number of ether oxygens (including phenoxy) is 1. The molecule has 0 radical (unpaired) electrons. The van der Waals surface area contributed by atoms with E-state index in [0.717, 1.165) is 31.7 Å². The Hall–Kier alpha value is -1.62. The molecule has 1 amide bonds. The summed E-state index contributed by atoms with van der Waals surface area (Å²) >= 11 is 0. The second-order valence-corrected chi connectivity index (χ2v) is 4.43. The van der Waals surface area contributed by atoms with Crippen LogP contribution in [0.5, 0.6) is 0 Å². The normalized spacial score (nSPS) is 16.3. The first-order valence-corrected chi connectivity index (χ1v) is 6.20. The van der Waals surface area contributed by atoms with E-state index >= 15 is 0 Å². The highest BCUT2D eigenvalue weighted by Gasteiger charge is 2.24. The lowest BCUT2D eigenvalue weighted by molar-refractivity contribution is 0.0362. The predicted molar refractivity (Wildman–Crippen MR) is 69.7 cm³/mol. The molecule has 0 bridgehead atoms. The van der Waals surface area contributed by atoms with Crippen LogP contribution in [0.25, 0.3) is 0 Å². The zero-order valence-electron chi connectivity index (χ0n) is 10.8.